The number of pyridine rings is 2. The standard InChI is InChI=1S/C24H23N5O2/c1-15-3-2-4-22(28-15)23-20(14-27-29-23)17-5-6-21-18(9-17)10-19(13-26-21)24(30)31-8-7-16-11-25-12-16/h2-6,9-10,13-14,16,25H,7-8,11-12H2,1H3,(H,27,29). The molecule has 7 nitrogen and oxygen atoms in total. The van der Waals surface area contributed by atoms with Crippen molar-refractivity contribution in [3.63, 3.8) is 0 Å². The number of esters is 1. The van der Waals surface area contributed by atoms with Crippen molar-refractivity contribution in [1.82, 2.24) is 25.5 Å². The number of aromatic amines is 1. The van der Waals surface area contributed by atoms with Gasteiger partial charge in [0, 0.05) is 22.8 Å². The summed E-state index contributed by atoms with van der Waals surface area (Å²) in [4.78, 5) is 21.5. The number of fused-ring (bicyclic) bond motifs is 1. The van der Waals surface area contributed by atoms with E-state index in [2.05, 4.69) is 25.5 Å². The summed E-state index contributed by atoms with van der Waals surface area (Å²) in [5.74, 6) is 0.275. The summed E-state index contributed by atoms with van der Waals surface area (Å²) < 4.78 is 5.44. The summed E-state index contributed by atoms with van der Waals surface area (Å²) in [6, 6.07) is 13.7. The van der Waals surface area contributed by atoms with E-state index in [4.69, 9.17) is 4.74 Å². The molecule has 156 valence electrons. The fourth-order valence-corrected chi connectivity index (χ4v) is 3.75. The van der Waals surface area contributed by atoms with Crippen LogP contribution in [0.2, 0.25) is 0 Å². The van der Waals surface area contributed by atoms with Gasteiger partial charge in [0.15, 0.2) is 0 Å². The number of ether oxygens (including phenoxy) is 1. The molecular weight excluding hydrogens is 390 g/mol. The van der Waals surface area contributed by atoms with Crippen molar-refractivity contribution in [3.05, 3.63) is 66.1 Å². The molecule has 0 unspecified atom stereocenters. The van der Waals surface area contributed by atoms with Crippen LogP contribution in [0.25, 0.3) is 33.4 Å². The average Bonchev–Trinajstić information content (AvgIpc) is 3.24. The SMILES string of the molecule is Cc1cccc(-c2[nH]ncc2-c2ccc3ncc(C(=O)OCCC4CNC4)cc3c2)n1. The van der Waals surface area contributed by atoms with Crippen LogP contribution >= 0.6 is 0 Å². The summed E-state index contributed by atoms with van der Waals surface area (Å²) in [6.45, 7) is 4.41. The van der Waals surface area contributed by atoms with Gasteiger partial charge < -0.3 is 10.1 Å². The first-order valence-electron chi connectivity index (χ1n) is 10.4. The average molecular weight is 413 g/mol. The zero-order chi connectivity index (χ0) is 21.2. The van der Waals surface area contributed by atoms with E-state index in [-0.39, 0.29) is 5.97 Å². The van der Waals surface area contributed by atoms with Crippen molar-refractivity contribution in [3.8, 4) is 22.5 Å². The fraction of sp³-hybridized carbons (Fsp3) is 0.250. The lowest BCUT2D eigenvalue weighted by atomic mass is 10.0. The molecule has 4 heterocycles. The quantitative estimate of drug-likeness (QED) is 0.468. The maximum Gasteiger partial charge on any atom is 0.339 e. The van der Waals surface area contributed by atoms with Crippen molar-refractivity contribution < 1.29 is 9.53 Å². The molecule has 1 aliphatic heterocycles. The van der Waals surface area contributed by atoms with E-state index < -0.39 is 0 Å². The Hall–Kier alpha value is -3.58. The highest BCUT2D eigenvalue weighted by atomic mass is 16.5. The monoisotopic (exact) mass is 413 g/mol. The minimum Gasteiger partial charge on any atom is -0.462 e. The third-order valence-electron chi connectivity index (χ3n) is 5.64. The zero-order valence-electron chi connectivity index (χ0n) is 17.3. The summed E-state index contributed by atoms with van der Waals surface area (Å²) >= 11 is 0. The number of hydrogen-bond donors (Lipinski definition) is 2. The molecule has 0 saturated carbocycles. The molecular formula is C24H23N5O2. The van der Waals surface area contributed by atoms with Crippen LogP contribution in [0.3, 0.4) is 0 Å². The van der Waals surface area contributed by atoms with Gasteiger partial charge in [0.1, 0.15) is 0 Å². The molecule has 0 bridgehead atoms. The Morgan fingerprint density at radius 1 is 1.16 bits per heavy atom. The molecule has 1 aromatic carbocycles. The molecule has 4 aromatic rings. The van der Waals surface area contributed by atoms with Crippen LogP contribution in [-0.2, 0) is 4.74 Å². The number of aryl methyl sites for hydroxylation is 1. The summed E-state index contributed by atoms with van der Waals surface area (Å²) in [5.41, 5.74) is 5.84. The first-order chi connectivity index (χ1) is 15.2. The Morgan fingerprint density at radius 3 is 2.87 bits per heavy atom. The van der Waals surface area contributed by atoms with E-state index in [1.165, 1.54) is 0 Å². The minimum absolute atomic E-state index is 0.333. The van der Waals surface area contributed by atoms with Crippen LogP contribution in [0.5, 0.6) is 0 Å². The number of carbonyl (C=O) groups excluding carboxylic acids is 1. The lowest BCUT2D eigenvalue weighted by molar-refractivity contribution is 0.0471. The van der Waals surface area contributed by atoms with Crippen molar-refractivity contribution in [2.75, 3.05) is 19.7 Å². The minimum atomic E-state index is -0.333. The lowest BCUT2D eigenvalue weighted by Gasteiger charge is -2.26. The van der Waals surface area contributed by atoms with Gasteiger partial charge in [0.25, 0.3) is 0 Å². The van der Waals surface area contributed by atoms with Gasteiger partial charge in [-0.2, -0.15) is 5.10 Å². The molecule has 5 rings (SSSR count). The normalized spacial score (nSPS) is 13.8. The highest BCUT2D eigenvalue weighted by Gasteiger charge is 2.18. The number of hydrogen-bond acceptors (Lipinski definition) is 6. The van der Waals surface area contributed by atoms with Crippen molar-refractivity contribution in [1.29, 1.82) is 0 Å². The van der Waals surface area contributed by atoms with Crippen LogP contribution in [0.4, 0.5) is 0 Å². The number of benzene rings is 1. The van der Waals surface area contributed by atoms with E-state index in [0.29, 0.717) is 18.1 Å². The third kappa shape index (κ3) is 4.04. The molecule has 31 heavy (non-hydrogen) atoms. The van der Waals surface area contributed by atoms with Crippen molar-refractivity contribution >= 4 is 16.9 Å². The van der Waals surface area contributed by atoms with Gasteiger partial charge >= 0.3 is 5.97 Å². The fourth-order valence-electron chi connectivity index (χ4n) is 3.75. The number of H-pyrrole nitrogens is 1. The molecule has 0 radical (unpaired) electrons. The van der Waals surface area contributed by atoms with Gasteiger partial charge in [-0.25, -0.2) is 4.79 Å². The second-order valence-corrected chi connectivity index (χ2v) is 7.90. The summed E-state index contributed by atoms with van der Waals surface area (Å²) in [6.07, 6.45) is 4.26. The predicted octanol–water partition coefficient (Wildman–Crippen LogP) is 3.76. The van der Waals surface area contributed by atoms with Gasteiger partial charge in [0.2, 0.25) is 0 Å². The summed E-state index contributed by atoms with van der Waals surface area (Å²) in [7, 11) is 0. The Bertz CT molecular complexity index is 1250. The van der Waals surface area contributed by atoms with Crippen LogP contribution in [-0.4, -0.2) is 45.8 Å². The Kier molecular flexibility index (Phi) is 5.18. The number of nitrogens with zero attached hydrogens (tertiary/aromatic N) is 3. The first-order valence-corrected chi connectivity index (χ1v) is 10.4. The van der Waals surface area contributed by atoms with Crippen LogP contribution in [0.1, 0.15) is 22.5 Å². The third-order valence-corrected chi connectivity index (χ3v) is 5.64. The Balaban J connectivity index is 1.41. The molecule has 0 aliphatic carbocycles. The largest absolute Gasteiger partial charge is 0.462 e. The highest BCUT2D eigenvalue weighted by Crippen LogP contribution is 2.31. The van der Waals surface area contributed by atoms with Gasteiger partial charge in [-0.1, -0.05) is 12.1 Å². The van der Waals surface area contributed by atoms with Crippen molar-refractivity contribution in [2.45, 2.75) is 13.3 Å². The van der Waals surface area contributed by atoms with E-state index in [9.17, 15) is 4.79 Å². The van der Waals surface area contributed by atoms with Gasteiger partial charge in [-0.15, -0.1) is 0 Å². The topological polar surface area (TPSA) is 92.8 Å². The second-order valence-electron chi connectivity index (χ2n) is 7.90. The molecule has 1 aliphatic rings. The van der Waals surface area contributed by atoms with Crippen LogP contribution in [0, 0.1) is 12.8 Å². The summed E-state index contributed by atoms with van der Waals surface area (Å²) in [5, 5.41) is 11.4. The van der Waals surface area contributed by atoms with Gasteiger partial charge in [0.05, 0.1) is 35.3 Å². The molecule has 0 spiro atoms. The number of aromatic nitrogens is 4. The van der Waals surface area contributed by atoms with Crippen LogP contribution in [0.15, 0.2) is 54.9 Å². The molecule has 0 atom stereocenters. The predicted molar refractivity (Wildman–Crippen MR) is 119 cm³/mol. The molecule has 0 amide bonds. The maximum absolute atomic E-state index is 12.5. The number of carbonyl (C=O) groups is 1. The first kappa shape index (κ1) is 19.4. The van der Waals surface area contributed by atoms with E-state index in [1.54, 1.807) is 12.4 Å². The molecule has 7 heteroatoms. The lowest BCUT2D eigenvalue weighted by Crippen LogP contribution is -2.42. The van der Waals surface area contributed by atoms with Crippen molar-refractivity contribution in [2.24, 2.45) is 5.92 Å². The zero-order valence-corrected chi connectivity index (χ0v) is 17.3. The van der Waals surface area contributed by atoms with E-state index in [1.807, 2.05) is 49.4 Å². The molecule has 2 N–H and O–H groups in total. The van der Waals surface area contributed by atoms with Gasteiger partial charge in [-0.05, 0) is 68.2 Å². The Labute approximate surface area is 179 Å². The Morgan fingerprint density at radius 2 is 2.06 bits per heavy atom. The van der Waals surface area contributed by atoms with Crippen LogP contribution < -0.4 is 5.32 Å². The molecule has 1 fully saturated rings. The van der Waals surface area contributed by atoms with E-state index in [0.717, 1.165) is 58.6 Å². The second kappa shape index (κ2) is 8.28. The smallest absolute Gasteiger partial charge is 0.339 e. The molecule has 1 saturated heterocycles. The van der Waals surface area contributed by atoms with E-state index >= 15 is 0 Å². The number of nitrogens with one attached hydrogen (secondary N) is 2. The van der Waals surface area contributed by atoms with Gasteiger partial charge in [-0.3, -0.25) is 15.1 Å². The number of rotatable bonds is 6. The molecule has 3 aromatic heterocycles. The highest BCUT2D eigenvalue weighted by molar-refractivity contribution is 5.95. The maximum atomic E-state index is 12.5.